The molecule has 0 aliphatic carbocycles. The third-order valence-electron chi connectivity index (χ3n) is 3.57. The van der Waals surface area contributed by atoms with Crippen LogP contribution in [-0.4, -0.2) is 62.3 Å². The number of carbonyl (C=O) groups excluding carboxylic acids is 1. The van der Waals surface area contributed by atoms with E-state index in [4.69, 9.17) is 4.74 Å². The number of ether oxygens (including phenoxy) is 1. The topological polar surface area (TPSA) is 53.6 Å². The molecular formula is C12H24ClN3O2. The van der Waals surface area contributed by atoms with Crippen molar-refractivity contribution in [3.8, 4) is 0 Å². The molecule has 2 rings (SSSR count). The van der Waals surface area contributed by atoms with Gasteiger partial charge in [-0.2, -0.15) is 0 Å². The summed E-state index contributed by atoms with van der Waals surface area (Å²) < 4.78 is 5.28. The lowest BCUT2D eigenvalue weighted by atomic mass is 10.1. The fourth-order valence-corrected chi connectivity index (χ4v) is 2.42. The highest BCUT2D eigenvalue weighted by Gasteiger charge is 2.22. The van der Waals surface area contributed by atoms with E-state index in [1.807, 2.05) is 0 Å². The van der Waals surface area contributed by atoms with Gasteiger partial charge in [0.1, 0.15) is 0 Å². The maximum atomic E-state index is 11.9. The molecule has 2 aliphatic rings. The Kier molecular flexibility index (Phi) is 6.92. The lowest BCUT2D eigenvalue weighted by Crippen LogP contribution is -2.53. The van der Waals surface area contributed by atoms with Gasteiger partial charge in [0.2, 0.25) is 5.91 Å². The van der Waals surface area contributed by atoms with Gasteiger partial charge in [-0.3, -0.25) is 9.69 Å². The summed E-state index contributed by atoms with van der Waals surface area (Å²) in [4.78, 5) is 14.2. The second-order valence-corrected chi connectivity index (χ2v) is 4.98. The van der Waals surface area contributed by atoms with E-state index >= 15 is 0 Å². The predicted octanol–water partition coefficient (Wildman–Crippen LogP) is -0.00290. The van der Waals surface area contributed by atoms with Crippen LogP contribution in [0.3, 0.4) is 0 Å². The van der Waals surface area contributed by atoms with Crippen LogP contribution in [0, 0.1) is 0 Å². The number of carbonyl (C=O) groups is 1. The van der Waals surface area contributed by atoms with Crippen LogP contribution in [-0.2, 0) is 9.53 Å². The quantitative estimate of drug-likeness (QED) is 0.762. The second kappa shape index (κ2) is 7.94. The van der Waals surface area contributed by atoms with Crippen molar-refractivity contribution in [1.29, 1.82) is 0 Å². The minimum Gasteiger partial charge on any atom is -0.381 e. The zero-order chi connectivity index (χ0) is 12.1. The smallest absolute Gasteiger partial charge is 0.234 e. The zero-order valence-electron chi connectivity index (χ0n) is 11.0. The zero-order valence-corrected chi connectivity index (χ0v) is 11.8. The highest BCUT2D eigenvalue weighted by molar-refractivity contribution is 5.85. The molecule has 0 saturated carbocycles. The highest BCUT2D eigenvalue weighted by atomic mass is 35.5. The van der Waals surface area contributed by atoms with Crippen LogP contribution in [0.4, 0.5) is 0 Å². The minimum absolute atomic E-state index is 0. The Labute approximate surface area is 115 Å². The molecule has 0 bridgehead atoms. The van der Waals surface area contributed by atoms with Crippen LogP contribution in [0.25, 0.3) is 0 Å². The normalized spacial score (nSPS) is 26.4. The van der Waals surface area contributed by atoms with Crippen LogP contribution >= 0.6 is 12.4 Å². The van der Waals surface area contributed by atoms with Gasteiger partial charge in [0, 0.05) is 44.9 Å². The summed E-state index contributed by atoms with van der Waals surface area (Å²) >= 11 is 0. The van der Waals surface area contributed by atoms with Crippen molar-refractivity contribution in [2.24, 2.45) is 0 Å². The van der Waals surface area contributed by atoms with Crippen molar-refractivity contribution in [2.75, 3.05) is 39.4 Å². The Morgan fingerprint density at radius 2 is 2.17 bits per heavy atom. The molecule has 2 aliphatic heterocycles. The number of nitrogens with one attached hydrogen (secondary N) is 2. The van der Waals surface area contributed by atoms with Crippen LogP contribution in [0.5, 0.6) is 0 Å². The Morgan fingerprint density at radius 3 is 2.83 bits per heavy atom. The van der Waals surface area contributed by atoms with Gasteiger partial charge in [-0.05, 0) is 19.8 Å². The standard InChI is InChI=1S/C12H23N3O2.ClH/c1-10-8-13-4-5-15(10)9-12(16)14-11-2-6-17-7-3-11;/h10-11,13H,2-9H2,1H3,(H,14,16);1H/t10-;/m1./s1. The average molecular weight is 278 g/mol. The van der Waals surface area contributed by atoms with Gasteiger partial charge in [-0.1, -0.05) is 0 Å². The first-order valence-electron chi connectivity index (χ1n) is 6.57. The molecule has 2 N–H and O–H groups in total. The number of hydrogen-bond acceptors (Lipinski definition) is 4. The molecule has 0 aromatic heterocycles. The van der Waals surface area contributed by atoms with Crippen LogP contribution < -0.4 is 10.6 Å². The Balaban J connectivity index is 0.00000162. The third kappa shape index (κ3) is 4.72. The van der Waals surface area contributed by atoms with Crippen molar-refractivity contribution < 1.29 is 9.53 Å². The van der Waals surface area contributed by atoms with Crippen LogP contribution in [0.2, 0.25) is 0 Å². The van der Waals surface area contributed by atoms with Crippen molar-refractivity contribution in [3.05, 3.63) is 0 Å². The molecule has 2 heterocycles. The van der Waals surface area contributed by atoms with Gasteiger partial charge in [-0.25, -0.2) is 0 Å². The molecule has 2 saturated heterocycles. The molecule has 0 radical (unpaired) electrons. The molecule has 18 heavy (non-hydrogen) atoms. The third-order valence-corrected chi connectivity index (χ3v) is 3.57. The van der Waals surface area contributed by atoms with E-state index in [0.717, 1.165) is 45.7 Å². The largest absolute Gasteiger partial charge is 0.381 e. The number of nitrogens with zero attached hydrogens (tertiary/aromatic N) is 1. The number of piperazine rings is 1. The molecule has 0 unspecified atom stereocenters. The van der Waals surface area contributed by atoms with Gasteiger partial charge in [0.15, 0.2) is 0 Å². The SMILES string of the molecule is C[C@@H]1CNCCN1CC(=O)NC1CCOCC1.Cl. The average Bonchev–Trinajstić information content (AvgIpc) is 2.33. The van der Waals surface area contributed by atoms with Gasteiger partial charge >= 0.3 is 0 Å². The van der Waals surface area contributed by atoms with Crippen molar-refractivity contribution in [1.82, 2.24) is 15.5 Å². The van der Waals surface area contributed by atoms with Crippen LogP contribution in [0.15, 0.2) is 0 Å². The summed E-state index contributed by atoms with van der Waals surface area (Å²) in [7, 11) is 0. The number of rotatable bonds is 3. The molecule has 106 valence electrons. The van der Waals surface area contributed by atoms with E-state index in [1.54, 1.807) is 0 Å². The first kappa shape index (κ1) is 15.7. The molecule has 5 nitrogen and oxygen atoms in total. The molecule has 0 spiro atoms. The Bertz CT molecular complexity index is 260. The first-order valence-corrected chi connectivity index (χ1v) is 6.57. The number of hydrogen-bond donors (Lipinski definition) is 2. The van der Waals surface area contributed by atoms with Crippen molar-refractivity contribution in [3.63, 3.8) is 0 Å². The summed E-state index contributed by atoms with van der Waals surface area (Å²) in [6.45, 7) is 7.15. The molecule has 6 heteroatoms. The molecular weight excluding hydrogens is 254 g/mol. The monoisotopic (exact) mass is 277 g/mol. The fraction of sp³-hybridized carbons (Fsp3) is 0.917. The Hall–Kier alpha value is -0.360. The van der Waals surface area contributed by atoms with Crippen molar-refractivity contribution >= 4 is 18.3 Å². The number of halogens is 1. The molecule has 0 aromatic rings. The van der Waals surface area contributed by atoms with E-state index in [2.05, 4.69) is 22.5 Å². The lowest BCUT2D eigenvalue weighted by molar-refractivity contribution is -0.124. The van der Waals surface area contributed by atoms with Gasteiger partial charge in [-0.15, -0.1) is 12.4 Å². The second-order valence-electron chi connectivity index (χ2n) is 4.98. The Morgan fingerprint density at radius 1 is 1.44 bits per heavy atom. The molecule has 2 fully saturated rings. The first-order chi connectivity index (χ1) is 8.25. The summed E-state index contributed by atoms with van der Waals surface area (Å²) in [5.74, 6) is 0.158. The summed E-state index contributed by atoms with van der Waals surface area (Å²) in [6.07, 6.45) is 1.89. The minimum atomic E-state index is 0. The van der Waals surface area contributed by atoms with Crippen LogP contribution in [0.1, 0.15) is 19.8 Å². The molecule has 0 aromatic carbocycles. The van der Waals surface area contributed by atoms with Crippen molar-refractivity contribution in [2.45, 2.75) is 31.8 Å². The maximum absolute atomic E-state index is 11.9. The van der Waals surface area contributed by atoms with E-state index < -0.39 is 0 Å². The number of amides is 1. The maximum Gasteiger partial charge on any atom is 0.234 e. The molecule has 1 amide bonds. The summed E-state index contributed by atoms with van der Waals surface area (Å²) in [6, 6.07) is 0.763. The molecule has 1 atom stereocenters. The van der Waals surface area contributed by atoms with Gasteiger partial charge in [0.25, 0.3) is 0 Å². The fourth-order valence-electron chi connectivity index (χ4n) is 2.42. The predicted molar refractivity (Wildman–Crippen MR) is 73.1 cm³/mol. The van der Waals surface area contributed by atoms with E-state index in [-0.39, 0.29) is 18.3 Å². The van der Waals surface area contributed by atoms with Gasteiger partial charge < -0.3 is 15.4 Å². The summed E-state index contributed by atoms with van der Waals surface area (Å²) in [5.41, 5.74) is 0. The summed E-state index contributed by atoms with van der Waals surface area (Å²) in [5, 5.41) is 6.43. The highest BCUT2D eigenvalue weighted by Crippen LogP contribution is 2.07. The van der Waals surface area contributed by atoms with E-state index in [0.29, 0.717) is 18.6 Å². The van der Waals surface area contributed by atoms with E-state index in [1.165, 1.54) is 0 Å². The van der Waals surface area contributed by atoms with Gasteiger partial charge in [0.05, 0.1) is 6.54 Å². The lowest BCUT2D eigenvalue weighted by Gasteiger charge is -2.34. The van der Waals surface area contributed by atoms with E-state index in [9.17, 15) is 4.79 Å².